The summed E-state index contributed by atoms with van der Waals surface area (Å²) in [6.45, 7) is 4.25. The Morgan fingerprint density at radius 3 is 2.57 bits per heavy atom. The van der Waals surface area contributed by atoms with E-state index < -0.39 is 0 Å². The van der Waals surface area contributed by atoms with Crippen molar-refractivity contribution in [2.24, 2.45) is 5.73 Å². The van der Waals surface area contributed by atoms with E-state index in [1.165, 1.54) is 26.4 Å². The highest BCUT2D eigenvalue weighted by molar-refractivity contribution is 5.31. The number of hydrogen-bond acceptors (Lipinski definition) is 3. The summed E-state index contributed by atoms with van der Waals surface area (Å²) in [4.78, 5) is 2.35. The van der Waals surface area contributed by atoms with Crippen LogP contribution in [0.15, 0.2) is 18.2 Å². The first-order chi connectivity index (χ1) is 10.2. The van der Waals surface area contributed by atoms with Crippen molar-refractivity contribution in [3.8, 4) is 5.75 Å². The summed E-state index contributed by atoms with van der Waals surface area (Å²) in [6, 6.07) is 5.35. The Morgan fingerprint density at radius 2 is 2.00 bits per heavy atom. The molecule has 0 spiro atoms. The van der Waals surface area contributed by atoms with Crippen molar-refractivity contribution in [2.75, 3.05) is 20.2 Å². The molecule has 0 aromatic heterocycles. The standard InChI is InChI=1S/C17H27FN2O/c1-3-20(17(13-19)10-5-4-6-11-17)12-14-8-7-9-15(21-2)16(14)18/h7-9H,3-6,10-13,19H2,1-2H3. The lowest BCUT2D eigenvalue weighted by Gasteiger charge is -2.45. The third kappa shape index (κ3) is 3.38. The molecule has 0 atom stereocenters. The summed E-state index contributed by atoms with van der Waals surface area (Å²) < 4.78 is 19.5. The molecular weight excluding hydrogens is 267 g/mol. The number of ether oxygens (including phenoxy) is 1. The summed E-state index contributed by atoms with van der Waals surface area (Å²) in [5.41, 5.74) is 6.82. The Hall–Kier alpha value is -1.13. The maximum absolute atomic E-state index is 14.4. The molecule has 0 bridgehead atoms. The second kappa shape index (κ2) is 7.23. The molecule has 2 N–H and O–H groups in total. The van der Waals surface area contributed by atoms with Crippen LogP contribution >= 0.6 is 0 Å². The molecule has 0 amide bonds. The van der Waals surface area contributed by atoms with Crippen molar-refractivity contribution in [1.82, 2.24) is 4.90 Å². The van der Waals surface area contributed by atoms with Crippen LogP contribution in [0.1, 0.15) is 44.6 Å². The zero-order chi connectivity index (χ0) is 15.3. The minimum Gasteiger partial charge on any atom is -0.494 e. The molecule has 1 fully saturated rings. The van der Waals surface area contributed by atoms with E-state index in [2.05, 4.69) is 11.8 Å². The van der Waals surface area contributed by atoms with Crippen LogP contribution < -0.4 is 10.5 Å². The van der Waals surface area contributed by atoms with E-state index in [0.717, 1.165) is 19.4 Å². The highest BCUT2D eigenvalue weighted by atomic mass is 19.1. The van der Waals surface area contributed by atoms with Crippen LogP contribution in [-0.4, -0.2) is 30.6 Å². The summed E-state index contributed by atoms with van der Waals surface area (Å²) in [5, 5.41) is 0. The molecule has 0 unspecified atom stereocenters. The Labute approximate surface area is 127 Å². The number of halogens is 1. The van der Waals surface area contributed by atoms with E-state index in [1.807, 2.05) is 12.1 Å². The lowest BCUT2D eigenvalue weighted by Crippen LogP contribution is -2.54. The fourth-order valence-electron chi connectivity index (χ4n) is 3.52. The van der Waals surface area contributed by atoms with Gasteiger partial charge in [0.2, 0.25) is 0 Å². The number of benzene rings is 1. The van der Waals surface area contributed by atoms with Gasteiger partial charge >= 0.3 is 0 Å². The lowest BCUT2D eigenvalue weighted by atomic mass is 9.80. The number of rotatable bonds is 6. The fraction of sp³-hybridized carbons (Fsp3) is 0.647. The molecule has 0 radical (unpaired) electrons. The van der Waals surface area contributed by atoms with Gasteiger partial charge in [0.15, 0.2) is 11.6 Å². The van der Waals surface area contributed by atoms with Crippen molar-refractivity contribution in [1.29, 1.82) is 0 Å². The van der Waals surface area contributed by atoms with Gasteiger partial charge in [0.05, 0.1) is 7.11 Å². The maximum Gasteiger partial charge on any atom is 0.169 e. The number of nitrogens with zero attached hydrogens (tertiary/aromatic N) is 1. The lowest BCUT2D eigenvalue weighted by molar-refractivity contribution is 0.0536. The molecule has 0 heterocycles. The van der Waals surface area contributed by atoms with Crippen LogP contribution in [-0.2, 0) is 6.54 Å². The van der Waals surface area contributed by atoms with Crippen LogP contribution in [0.4, 0.5) is 4.39 Å². The molecule has 1 aliphatic carbocycles. The second-order valence-electron chi connectivity index (χ2n) is 5.94. The van der Waals surface area contributed by atoms with Crippen molar-refractivity contribution in [3.05, 3.63) is 29.6 Å². The average molecular weight is 294 g/mol. The Kier molecular flexibility index (Phi) is 5.59. The molecule has 118 valence electrons. The minimum absolute atomic E-state index is 0.0303. The van der Waals surface area contributed by atoms with Gasteiger partial charge in [-0.1, -0.05) is 38.3 Å². The summed E-state index contributed by atoms with van der Waals surface area (Å²) in [6.07, 6.45) is 5.95. The van der Waals surface area contributed by atoms with E-state index in [0.29, 0.717) is 24.4 Å². The van der Waals surface area contributed by atoms with Gasteiger partial charge in [-0.25, -0.2) is 4.39 Å². The maximum atomic E-state index is 14.4. The molecule has 0 saturated heterocycles. The van der Waals surface area contributed by atoms with Gasteiger partial charge in [0.1, 0.15) is 0 Å². The molecule has 1 saturated carbocycles. The van der Waals surface area contributed by atoms with E-state index in [-0.39, 0.29) is 11.4 Å². The number of hydrogen-bond donors (Lipinski definition) is 1. The van der Waals surface area contributed by atoms with E-state index in [9.17, 15) is 4.39 Å². The van der Waals surface area contributed by atoms with Crippen LogP contribution in [0.5, 0.6) is 5.75 Å². The van der Waals surface area contributed by atoms with Gasteiger partial charge in [-0.2, -0.15) is 0 Å². The topological polar surface area (TPSA) is 38.5 Å². The van der Waals surface area contributed by atoms with Gasteiger partial charge < -0.3 is 10.5 Å². The fourth-order valence-corrected chi connectivity index (χ4v) is 3.52. The minimum atomic E-state index is -0.249. The van der Waals surface area contributed by atoms with Crippen LogP contribution in [0.2, 0.25) is 0 Å². The monoisotopic (exact) mass is 294 g/mol. The van der Waals surface area contributed by atoms with E-state index in [1.54, 1.807) is 6.07 Å². The summed E-state index contributed by atoms with van der Waals surface area (Å²) in [7, 11) is 1.50. The SMILES string of the molecule is CCN(Cc1cccc(OC)c1F)C1(CN)CCCCC1. The molecule has 0 aliphatic heterocycles. The van der Waals surface area contributed by atoms with Gasteiger partial charge in [0.25, 0.3) is 0 Å². The molecule has 2 rings (SSSR count). The third-order valence-electron chi connectivity index (χ3n) is 4.84. The second-order valence-corrected chi connectivity index (χ2v) is 5.94. The molecule has 1 aromatic rings. The predicted octanol–water partition coefficient (Wildman–Crippen LogP) is 3.32. The first kappa shape index (κ1) is 16.2. The van der Waals surface area contributed by atoms with Crippen molar-refractivity contribution >= 4 is 0 Å². The van der Waals surface area contributed by atoms with Gasteiger partial charge in [0, 0.05) is 24.2 Å². The summed E-state index contributed by atoms with van der Waals surface area (Å²) >= 11 is 0. The quantitative estimate of drug-likeness (QED) is 0.874. The molecule has 3 nitrogen and oxygen atoms in total. The zero-order valence-corrected chi connectivity index (χ0v) is 13.2. The molecule has 4 heteroatoms. The van der Waals surface area contributed by atoms with Crippen LogP contribution in [0, 0.1) is 5.82 Å². The van der Waals surface area contributed by atoms with Crippen molar-refractivity contribution in [3.63, 3.8) is 0 Å². The Bertz CT molecular complexity index is 458. The molecule has 1 aromatic carbocycles. The number of likely N-dealkylation sites (N-methyl/N-ethyl adjacent to an activating group) is 1. The zero-order valence-electron chi connectivity index (χ0n) is 13.2. The Balaban J connectivity index is 2.22. The van der Waals surface area contributed by atoms with Crippen molar-refractivity contribution < 1.29 is 9.13 Å². The molecule has 21 heavy (non-hydrogen) atoms. The normalized spacial score (nSPS) is 18.0. The summed E-state index contributed by atoms with van der Waals surface area (Å²) in [5.74, 6) is 0.0652. The first-order valence-corrected chi connectivity index (χ1v) is 7.93. The first-order valence-electron chi connectivity index (χ1n) is 7.93. The van der Waals surface area contributed by atoms with Gasteiger partial charge in [-0.3, -0.25) is 4.90 Å². The molecule has 1 aliphatic rings. The number of nitrogens with two attached hydrogens (primary N) is 1. The van der Waals surface area contributed by atoms with E-state index in [4.69, 9.17) is 10.5 Å². The van der Waals surface area contributed by atoms with Crippen molar-refractivity contribution in [2.45, 2.75) is 51.1 Å². The third-order valence-corrected chi connectivity index (χ3v) is 4.84. The highest BCUT2D eigenvalue weighted by Crippen LogP contribution is 2.34. The highest BCUT2D eigenvalue weighted by Gasteiger charge is 2.36. The van der Waals surface area contributed by atoms with Gasteiger partial charge in [-0.05, 0) is 25.5 Å². The van der Waals surface area contributed by atoms with Gasteiger partial charge in [-0.15, -0.1) is 0 Å². The van der Waals surface area contributed by atoms with Crippen LogP contribution in [0.25, 0.3) is 0 Å². The van der Waals surface area contributed by atoms with E-state index >= 15 is 0 Å². The predicted molar refractivity (Wildman–Crippen MR) is 83.9 cm³/mol. The smallest absolute Gasteiger partial charge is 0.169 e. The molecular formula is C17H27FN2O. The average Bonchev–Trinajstić information content (AvgIpc) is 2.54. The van der Waals surface area contributed by atoms with Crippen LogP contribution in [0.3, 0.4) is 0 Å². The Morgan fingerprint density at radius 1 is 1.29 bits per heavy atom. The largest absolute Gasteiger partial charge is 0.494 e. The number of methoxy groups -OCH3 is 1.